The predicted octanol–water partition coefficient (Wildman–Crippen LogP) is 1.96. The Kier molecular flexibility index (Phi) is 5.34. The van der Waals surface area contributed by atoms with E-state index in [4.69, 9.17) is 10.5 Å². The normalized spacial score (nSPS) is 10.5. The van der Waals surface area contributed by atoms with Crippen LogP contribution in [0.5, 0.6) is 5.75 Å². The van der Waals surface area contributed by atoms with E-state index in [2.05, 4.69) is 15.3 Å². The Bertz CT molecular complexity index is 572. The summed E-state index contributed by atoms with van der Waals surface area (Å²) in [4.78, 5) is 8.47. The molecule has 1 aromatic heterocycles. The third-order valence-corrected chi connectivity index (χ3v) is 2.88. The number of ether oxygens (including phenoxy) is 1. The van der Waals surface area contributed by atoms with E-state index in [1.807, 2.05) is 19.1 Å². The molecule has 0 spiro atoms. The second-order valence-electron chi connectivity index (χ2n) is 4.57. The summed E-state index contributed by atoms with van der Waals surface area (Å²) >= 11 is 0. The van der Waals surface area contributed by atoms with Gasteiger partial charge in [0.05, 0.1) is 0 Å². The van der Waals surface area contributed by atoms with Crippen molar-refractivity contribution in [2.75, 3.05) is 24.2 Å². The highest BCUT2D eigenvalue weighted by Gasteiger charge is 2.03. The summed E-state index contributed by atoms with van der Waals surface area (Å²) in [6.07, 6.45) is 0.824. The lowest BCUT2D eigenvalue weighted by atomic mass is 10.1. The van der Waals surface area contributed by atoms with E-state index in [0.29, 0.717) is 30.7 Å². The Labute approximate surface area is 124 Å². The summed E-state index contributed by atoms with van der Waals surface area (Å²) in [5.41, 5.74) is 6.89. The van der Waals surface area contributed by atoms with E-state index in [0.717, 1.165) is 18.5 Å². The molecule has 0 radical (unpaired) electrons. The van der Waals surface area contributed by atoms with Crippen molar-refractivity contribution in [1.82, 2.24) is 9.97 Å². The Morgan fingerprint density at radius 3 is 2.71 bits per heavy atom. The molecule has 0 aliphatic rings. The fraction of sp³-hybridized carbons (Fsp3) is 0.333. The molecule has 2 rings (SSSR count). The Morgan fingerprint density at radius 2 is 2.00 bits per heavy atom. The van der Waals surface area contributed by atoms with Crippen molar-refractivity contribution >= 4 is 11.6 Å². The van der Waals surface area contributed by atoms with E-state index in [1.54, 1.807) is 18.2 Å². The maximum atomic E-state index is 9.23. The number of nitrogens with one attached hydrogen (secondary N) is 1. The Hall–Kier alpha value is -2.34. The minimum absolute atomic E-state index is 0.274. The van der Waals surface area contributed by atoms with Crippen molar-refractivity contribution in [1.29, 1.82) is 0 Å². The van der Waals surface area contributed by atoms with Crippen LogP contribution < -0.4 is 11.1 Å². The molecule has 2 aromatic rings. The average Bonchev–Trinajstić information content (AvgIpc) is 2.47. The zero-order valence-corrected chi connectivity index (χ0v) is 12.0. The van der Waals surface area contributed by atoms with Gasteiger partial charge in [-0.15, -0.1) is 0 Å². The number of phenolic OH excluding ortho intramolecular Hbond substituents is 1. The lowest BCUT2D eigenvalue weighted by Crippen LogP contribution is -2.10. The monoisotopic (exact) mass is 288 g/mol. The second-order valence-corrected chi connectivity index (χ2v) is 4.57. The molecule has 0 fully saturated rings. The first-order valence-electron chi connectivity index (χ1n) is 6.90. The summed E-state index contributed by atoms with van der Waals surface area (Å²) in [6.45, 7) is 3.61. The molecule has 0 saturated carbocycles. The molecule has 0 amide bonds. The van der Waals surface area contributed by atoms with Crippen LogP contribution >= 0.6 is 0 Å². The molecule has 0 aliphatic carbocycles. The molecule has 0 aliphatic heterocycles. The van der Waals surface area contributed by atoms with Crippen molar-refractivity contribution in [2.45, 2.75) is 20.0 Å². The first kappa shape index (κ1) is 15.1. The summed E-state index contributed by atoms with van der Waals surface area (Å²) in [5.74, 6) is 1.96. The lowest BCUT2D eigenvalue weighted by Gasteiger charge is -2.08. The number of benzene rings is 1. The van der Waals surface area contributed by atoms with Gasteiger partial charge in [0.1, 0.15) is 24.0 Å². The van der Waals surface area contributed by atoms with Crippen molar-refractivity contribution in [3.63, 3.8) is 0 Å². The van der Waals surface area contributed by atoms with Crippen LogP contribution in [0.4, 0.5) is 11.6 Å². The van der Waals surface area contributed by atoms with Gasteiger partial charge in [-0.1, -0.05) is 12.1 Å². The highest BCUT2D eigenvalue weighted by Crippen LogP contribution is 2.12. The highest BCUT2D eigenvalue weighted by molar-refractivity contribution is 5.44. The van der Waals surface area contributed by atoms with Crippen LogP contribution in [0, 0.1) is 0 Å². The first-order valence-corrected chi connectivity index (χ1v) is 6.90. The minimum atomic E-state index is 0.274. The zero-order valence-electron chi connectivity index (χ0n) is 12.0. The van der Waals surface area contributed by atoms with Gasteiger partial charge >= 0.3 is 0 Å². The standard InChI is InChI=1S/C15H20N4O2/c1-2-21-10-15-18-13(16)9-14(19-15)17-8-7-11-3-5-12(20)6-4-11/h3-6,9,20H,2,7-8,10H2,1H3,(H3,16,17,18,19). The van der Waals surface area contributed by atoms with Gasteiger partial charge in [0.25, 0.3) is 0 Å². The number of phenols is 1. The molecule has 0 bridgehead atoms. The van der Waals surface area contributed by atoms with Gasteiger partial charge in [-0.3, -0.25) is 0 Å². The average molecular weight is 288 g/mol. The lowest BCUT2D eigenvalue weighted by molar-refractivity contribution is 0.128. The molecule has 112 valence electrons. The maximum Gasteiger partial charge on any atom is 0.158 e. The van der Waals surface area contributed by atoms with Crippen molar-refractivity contribution in [2.24, 2.45) is 0 Å². The van der Waals surface area contributed by atoms with Crippen LogP contribution in [0.1, 0.15) is 18.3 Å². The third-order valence-electron chi connectivity index (χ3n) is 2.88. The van der Waals surface area contributed by atoms with Crippen LogP contribution in [-0.2, 0) is 17.8 Å². The minimum Gasteiger partial charge on any atom is -0.508 e. The molecule has 6 nitrogen and oxygen atoms in total. The number of aromatic hydroxyl groups is 1. The molecule has 0 saturated heterocycles. The van der Waals surface area contributed by atoms with Crippen LogP contribution in [0.3, 0.4) is 0 Å². The van der Waals surface area contributed by atoms with Gasteiger partial charge in [0, 0.05) is 19.2 Å². The number of nitrogens with zero attached hydrogens (tertiary/aromatic N) is 2. The van der Waals surface area contributed by atoms with E-state index >= 15 is 0 Å². The summed E-state index contributed by atoms with van der Waals surface area (Å²) < 4.78 is 5.28. The fourth-order valence-electron chi connectivity index (χ4n) is 1.86. The predicted molar refractivity (Wildman–Crippen MR) is 82.1 cm³/mol. The SMILES string of the molecule is CCOCc1nc(N)cc(NCCc2ccc(O)cc2)n1. The molecule has 6 heteroatoms. The van der Waals surface area contributed by atoms with Crippen LogP contribution in [0.2, 0.25) is 0 Å². The van der Waals surface area contributed by atoms with Gasteiger partial charge in [-0.05, 0) is 31.0 Å². The molecular weight excluding hydrogens is 268 g/mol. The van der Waals surface area contributed by atoms with Gasteiger partial charge in [0.2, 0.25) is 0 Å². The topological polar surface area (TPSA) is 93.3 Å². The van der Waals surface area contributed by atoms with Gasteiger partial charge in [0.15, 0.2) is 5.82 Å². The Morgan fingerprint density at radius 1 is 1.24 bits per heavy atom. The van der Waals surface area contributed by atoms with Crippen LogP contribution in [0.15, 0.2) is 30.3 Å². The molecule has 0 atom stereocenters. The number of rotatable bonds is 7. The molecule has 0 unspecified atom stereocenters. The number of anilines is 2. The van der Waals surface area contributed by atoms with Gasteiger partial charge in [-0.25, -0.2) is 9.97 Å². The second kappa shape index (κ2) is 7.44. The number of aromatic nitrogens is 2. The molecule has 21 heavy (non-hydrogen) atoms. The largest absolute Gasteiger partial charge is 0.508 e. The van der Waals surface area contributed by atoms with Gasteiger partial charge < -0.3 is 20.9 Å². The van der Waals surface area contributed by atoms with Crippen LogP contribution in [0.25, 0.3) is 0 Å². The molecular formula is C15H20N4O2. The van der Waals surface area contributed by atoms with E-state index in [-0.39, 0.29) is 5.75 Å². The fourth-order valence-corrected chi connectivity index (χ4v) is 1.86. The quantitative estimate of drug-likeness (QED) is 0.721. The number of hydrogen-bond donors (Lipinski definition) is 3. The molecule has 1 heterocycles. The van der Waals surface area contributed by atoms with E-state index < -0.39 is 0 Å². The molecule has 1 aromatic carbocycles. The summed E-state index contributed by atoms with van der Waals surface area (Å²) in [7, 11) is 0. The summed E-state index contributed by atoms with van der Waals surface area (Å²) in [5, 5.41) is 12.4. The number of nitrogen functional groups attached to an aromatic ring is 1. The maximum absolute atomic E-state index is 9.23. The van der Waals surface area contributed by atoms with Crippen molar-refractivity contribution in [3.05, 3.63) is 41.7 Å². The van der Waals surface area contributed by atoms with Gasteiger partial charge in [-0.2, -0.15) is 0 Å². The molecule has 4 N–H and O–H groups in total. The highest BCUT2D eigenvalue weighted by atomic mass is 16.5. The van der Waals surface area contributed by atoms with Crippen molar-refractivity contribution in [3.8, 4) is 5.75 Å². The Balaban J connectivity index is 1.90. The van der Waals surface area contributed by atoms with E-state index in [1.165, 1.54) is 0 Å². The zero-order chi connectivity index (χ0) is 15.1. The smallest absolute Gasteiger partial charge is 0.158 e. The third kappa shape index (κ3) is 4.92. The summed E-state index contributed by atoms with van der Waals surface area (Å²) in [6, 6.07) is 8.85. The number of hydrogen-bond acceptors (Lipinski definition) is 6. The first-order chi connectivity index (χ1) is 10.2. The van der Waals surface area contributed by atoms with Crippen molar-refractivity contribution < 1.29 is 9.84 Å². The van der Waals surface area contributed by atoms with E-state index in [9.17, 15) is 5.11 Å². The van der Waals surface area contributed by atoms with Crippen LogP contribution in [-0.4, -0.2) is 28.2 Å². The number of nitrogens with two attached hydrogens (primary N) is 1.